The van der Waals surface area contributed by atoms with Crippen LogP contribution in [0.1, 0.15) is 36.2 Å². The van der Waals surface area contributed by atoms with Gasteiger partial charge in [0.1, 0.15) is 0 Å². The maximum atomic E-state index is 14.8. The Morgan fingerprint density at radius 3 is 2.57 bits per heavy atom. The van der Waals surface area contributed by atoms with Crippen LogP contribution in [0.3, 0.4) is 0 Å². The maximum Gasteiger partial charge on any atom is 0.251 e. The van der Waals surface area contributed by atoms with Gasteiger partial charge < -0.3 is 37.9 Å². The molecule has 2 aromatic heterocycles. The number of nitrogens with zero attached hydrogens (tertiary/aromatic N) is 4. The van der Waals surface area contributed by atoms with Gasteiger partial charge in [-0.15, -0.1) is 0 Å². The smallest absolute Gasteiger partial charge is 0.251 e. The van der Waals surface area contributed by atoms with Gasteiger partial charge in [-0.25, -0.2) is 14.4 Å². The molecule has 0 saturated carbocycles. The first-order valence-electron chi connectivity index (χ1n) is 14.6. The van der Waals surface area contributed by atoms with Crippen LogP contribution in [0.15, 0.2) is 53.9 Å². The number of rotatable bonds is 14. The minimum atomic E-state index is -1.09. The molecular formula is C31H38F2N10O3. The summed E-state index contributed by atoms with van der Waals surface area (Å²) >= 11 is 0. The number of aryl methyl sites for hydroxylation is 1. The minimum Gasteiger partial charge on any atom is -0.494 e. The molecule has 0 aliphatic rings. The van der Waals surface area contributed by atoms with Crippen molar-refractivity contribution in [2.24, 2.45) is 28.1 Å². The Bertz CT molecular complexity index is 1740. The Kier molecular flexibility index (Phi) is 11.0. The number of aliphatic imine (C=N–C) groups is 1. The molecule has 0 fully saturated rings. The SMILES string of the molecule is CCc1cc(Nc2nccn3c(-c4ccc(OC)c(F)c4F)cnc23)ccc1C(=O)NC[C@@H](C)CNC(=O)[C@H](N)CCN=C(N)N. The van der Waals surface area contributed by atoms with Crippen molar-refractivity contribution in [2.45, 2.75) is 32.7 Å². The number of nitrogens with one attached hydrogen (secondary N) is 3. The van der Waals surface area contributed by atoms with Crippen LogP contribution in [0.2, 0.25) is 0 Å². The number of methoxy groups -OCH3 is 1. The molecule has 4 aromatic rings. The van der Waals surface area contributed by atoms with E-state index >= 15 is 0 Å². The van der Waals surface area contributed by atoms with Crippen LogP contribution in [-0.4, -0.2) is 64.9 Å². The van der Waals surface area contributed by atoms with Gasteiger partial charge in [0.05, 0.1) is 25.0 Å². The zero-order valence-electron chi connectivity index (χ0n) is 25.8. The summed E-state index contributed by atoms with van der Waals surface area (Å²) in [5, 5.41) is 8.92. The van der Waals surface area contributed by atoms with E-state index in [2.05, 4.69) is 30.9 Å². The highest BCUT2D eigenvalue weighted by Crippen LogP contribution is 2.31. The number of ether oxygens (including phenoxy) is 1. The lowest BCUT2D eigenvalue weighted by Crippen LogP contribution is -2.44. The van der Waals surface area contributed by atoms with Crippen LogP contribution < -0.4 is 37.9 Å². The highest BCUT2D eigenvalue weighted by atomic mass is 19.2. The van der Waals surface area contributed by atoms with Gasteiger partial charge in [-0.1, -0.05) is 13.8 Å². The van der Waals surface area contributed by atoms with Crippen LogP contribution in [-0.2, 0) is 11.2 Å². The summed E-state index contributed by atoms with van der Waals surface area (Å²) in [6.45, 7) is 4.74. The second-order valence-corrected chi connectivity index (χ2v) is 10.7. The predicted molar refractivity (Wildman–Crippen MR) is 172 cm³/mol. The molecule has 0 spiro atoms. The van der Waals surface area contributed by atoms with Crippen LogP contribution in [0.4, 0.5) is 20.3 Å². The van der Waals surface area contributed by atoms with Crippen molar-refractivity contribution in [1.82, 2.24) is 25.0 Å². The molecule has 13 nitrogen and oxygen atoms in total. The number of benzene rings is 2. The molecule has 244 valence electrons. The minimum absolute atomic E-state index is 0.0198. The van der Waals surface area contributed by atoms with Gasteiger partial charge in [0.25, 0.3) is 5.91 Å². The zero-order valence-corrected chi connectivity index (χ0v) is 25.8. The van der Waals surface area contributed by atoms with Crippen LogP contribution in [0.5, 0.6) is 5.75 Å². The van der Waals surface area contributed by atoms with Crippen LogP contribution in [0, 0.1) is 17.6 Å². The first kappa shape index (κ1) is 33.6. The highest BCUT2D eigenvalue weighted by molar-refractivity contribution is 5.96. The van der Waals surface area contributed by atoms with Crippen molar-refractivity contribution < 1.29 is 23.1 Å². The molecule has 0 aliphatic heterocycles. The average Bonchev–Trinajstić information content (AvgIpc) is 3.48. The quantitative estimate of drug-likeness (QED) is 0.0889. The third-order valence-corrected chi connectivity index (χ3v) is 7.27. The summed E-state index contributed by atoms with van der Waals surface area (Å²) in [6, 6.07) is 7.34. The molecule has 0 aliphatic carbocycles. The number of nitrogens with two attached hydrogens (primary N) is 3. The summed E-state index contributed by atoms with van der Waals surface area (Å²) in [5.74, 6) is -2.63. The number of fused-ring (bicyclic) bond motifs is 1. The van der Waals surface area contributed by atoms with E-state index in [9.17, 15) is 18.4 Å². The predicted octanol–water partition coefficient (Wildman–Crippen LogP) is 2.46. The maximum absolute atomic E-state index is 14.8. The lowest BCUT2D eigenvalue weighted by Gasteiger charge is -2.17. The summed E-state index contributed by atoms with van der Waals surface area (Å²) in [7, 11) is 1.27. The normalized spacial score (nSPS) is 12.3. The standard InChI is InChI=1S/C31H38F2N10O3/c1-4-18-13-19(5-6-20(18)29(44)40-14-17(2)15-41-30(45)22(34)9-10-38-31(35)36)42-27-28-39-16-23(43(28)12-11-37-27)21-7-8-24(46-3)26(33)25(21)32/h5-8,11-13,16-17,22H,4,9-10,14-15,34H2,1-3H3,(H,37,42)(H,40,44)(H,41,45)(H4,35,36,38)/t17-,22-/m1/s1. The third kappa shape index (κ3) is 7.85. The van der Waals surface area contributed by atoms with Gasteiger partial charge in [0.2, 0.25) is 11.7 Å². The van der Waals surface area contributed by atoms with Crippen LogP contribution >= 0.6 is 0 Å². The van der Waals surface area contributed by atoms with Gasteiger partial charge in [-0.2, -0.15) is 4.39 Å². The average molecular weight is 637 g/mol. The number of hydrogen-bond acceptors (Lipinski definition) is 8. The number of halogens is 2. The van der Waals surface area contributed by atoms with Crippen molar-refractivity contribution in [3.8, 4) is 17.0 Å². The molecule has 0 bridgehead atoms. The molecule has 9 N–H and O–H groups in total. The topological polar surface area (TPSA) is 200 Å². The molecule has 0 radical (unpaired) electrons. The molecule has 4 rings (SSSR count). The summed E-state index contributed by atoms with van der Waals surface area (Å²) in [5.41, 5.74) is 19.1. The van der Waals surface area contributed by atoms with Gasteiger partial charge in [-0.05, 0) is 54.7 Å². The van der Waals surface area contributed by atoms with E-state index < -0.39 is 17.7 Å². The van der Waals surface area contributed by atoms with Crippen molar-refractivity contribution in [1.29, 1.82) is 0 Å². The fourth-order valence-corrected chi connectivity index (χ4v) is 4.72. The molecule has 0 unspecified atom stereocenters. The number of anilines is 2. The molecule has 2 aromatic carbocycles. The Balaban J connectivity index is 1.40. The number of carbonyl (C=O) groups excluding carboxylic acids is 2. The fraction of sp³-hybridized carbons (Fsp3) is 0.323. The van der Waals surface area contributed by atoms with Crippen molar-refractivity contribution in [3.63, 3.8) is 0 Å². The molecule has 46 heavy (non-hydrogen) atoms. The second kappa shape index (κ2) is 15.1. The largest absolute Gasteiger partial charge is 0.494 e. The third-order valence-electron chi connectivity index (χ3n) is 7.27. The first-order chi connectivity index (χ1) is 22.0. The van der Waals surface area contributed by atoms with E-state index in [0.29, 0.717) is 54.3 Å². The number of hydrogen-bond donors (Lipinski definition) is 6. The van der Waals surface area contributed by atoms with E-state index in [1.54, 1.807) is 22.7 Å². The van der Waals surface area contributed by atoms with E-state index in [1.165, 1.54) is 31.6 Å². The van der Waals surface area contributed by atoms with Gasteiger partial charge >= 0.3 is 0 Å². The first-order valence-corrected chi connectivity index (χ1v) is 14.6. The van der Waals surface area contributed by atoms with E-state index in [4.69, 9.17) is 21.9 Å². The summed E-state index contributed by atoms with van der Waals surface area (Å²) in [4.78, 5) is 37.9. The number of aromatic nitrogens is 3. The number of amides is 2. The lowest BCUT2D eigenvalue weighted by atomic mass is 10.0. The molecule has 2 amide bonds. The molecule has 0 saturated heterocycles. The van der Waals surface area contributed by atoms with Gasteiger partial charge in [0.15, 0.2) is 29.0 Å². The monoisotopic (exact) mass is 636 g/mol. The Labute approximate surface area is 264 Å². The Morgan fingerprint density at radius 1 is 1.09 bits per heavy atom. The molecular weight excluding hydrogens is 598 g/mol. The second-order valence-electron chi connectivity index (χ2n) is 10.7. The number of carbonyl (C=O) groups is 2. The highest BCUT2D eigenvalue weighted by Gasteiger charge is 2.20. The molecule has 15 heteroatoms. The Morgan fingerprint density at radius 2 is 1.85 bits per heavy atom. The van der Waals surface area contributed by atoms with Gasteiger partial charge in [-0.3, -0.25) is 19.0 Å². The lowest BCUT2D eigenvalue weighted by molar-refractivity contribution is -0.122. The fourth-order valence-electron chi connectivity index (χ4n) is 4.72. The summed E-state index contributed by atoms with van der Waals surface area (Å²) in [6.07, 6.45) is 5.44. The molecule has 2 heterocycles. The number of guanidine groups is 1. The Hall–Kier alpha value is -5.31. The van der Waals surface area contributed by atoms with Crippen LogP contribution in [0.25, 0.3) is 16.9 Å². The van der Waals surface area contributed by atoms with Crippen molar-refractivity contribution in [2.75, 3.05) is 32.1 Å². The van der Waals surface area contributed by atoms with E-state index in [-0.39, 0.29) is 41.5 Å². The summed E-state index contributed by atoms with van der Waals surface area (Å²) < 4.78 is 35.7. The van der Waals surface area contributed by atoms with E-state index in [1.807, 2.05) is 19.9 Å². The number of imidazole rings is 1. The van der Waals surface area contributed by atoms with Crippen molar-refractivity contribution in [3.05, 3.63) is 71.7 Å². The zero-order chi connectivity index (χ0) is 33.4. The van der Waals surface area contributed by atoms with Crippen molar-refractivity contribution >= 4 is 34.9 Å². The van der Waals surface area contributed by atoms with E-state index in [0.717, 1.165) is 5.56 Å². The van der Waals surface area contributed by atoms with Gasteiger partial charge in [0, 0.05) is 48.8 Å². The molecule has 2 atom stereocenters.